The molecule has 0 spiro atoms. The highest BCUT2D eigenvalue weighted by molar-refractivity contribution is 6.28. The second-order valence-electron chi connectivity index (χ2n) is 9.60. The lowest BCUT2D eigenvalue weighted by Gasteiger charge is -2.30. The van der Waals surface area contributed by atoms with Gasteiger partial charge in [0, 0.05) is 38.5 Å². The van der Waals surface area contributed by atoms with Crippen LogP contribution in [0.4, 0.5) is 10.6 Å². The minimum absolute atomic E-state index is 0.0191. The van der Waals surface area contributed by atoms with Gasteiger partial charge in [-0.2, -0.15) is 0 Å². The van der Waals surface area contributed by atoms with E-state index in [1.165, 1.54) is 4.90 Å². The van der Waals surface area contributed by atoms with E-state index in [9.17, 15) is 9.59 Å². The van der Waals surface area contributed by atoms with Crippen molar-refractivity contribution in [2.45, 2.75) is 70.9 Å². The number of carbonyl (C=O) groups excluding carboxylic acids is 2. The summed E-state index contributed by atoms with van der Waals surface area (Å²) in [7, 11) is 3.23. The molecule has 1 aliphatic carbocycles. The molecular weight excluding hydrogens is 446 g/mol. The fraction of sp³-hybridized carbons (Fsp3) is 0.739. The van der Waals surface area contributed by atoms with Crippen LogP contribution in [-0.4, -0.2) is 72.4 Å². The molecule has 10 heteroatoms. The van der Waals surface area contributed by atoms with E-state index < -0.39 is 11.7 Å². The molecule has 2 atom stereocenters. The zero-order chi connectivity index (χ0) is 24.4. The van der Waals surface area contributed by atoms with E-state index in [0.29, 0.717) is 19.1 Å². The summed E-state index contributed by atoms with van der Waals surface area (Å²) in [6, 6.07) is 0.115. The van der Waals surface area contributed by atoms with Crippen LogP contribution in [0, 0.1) is 5.92 Å². The molecule has 1 heterocycles. The third-order valence-electron chi connectivity index (χ3n) is 5.49. The minimum Gasteiger partial charge on any atom is -0.444 e. The van der Waals surface area contributed by atoms with E-state index in [1.54, 1.807) is 41.1 Å². The Bertz CT molecular complexity index is 787. The average molecular weight is 484 g/mol. The van der Waals surface area contributed by atoms with Crippen LogP contribution in [0.15, 0.2) is 6.20 Å². The third kappa shape index (κ3) is 10.1. The van der Waals surface area contributed by atoms with Gasteiger partial charge in [0.2, 0.25) is 11.2 Å². The molecule has 1 saturated carbocycles. The van der Waals surface area contributed by atoms with Crippen molar-refractivity contribution in [1.82, 2.24) is 20.2 Å². The summed E-state index contributed by atoms with van der Waals surface area (Å²) in [6.07, 6.45) is 7.15. The van der Waals surface area contributed by atoms with Gasteiger partial charge < -0.3 is 25.0 Å². The van der Waals surface area contributed by atoms with Gasteiger partial charge in [-0.1, -0.05) is 12.8 Å². The number of ether oxygens (including phenoxy) is 2. The quantitative estimate of drug-likeness (QED) is 0.386. The van der Waals surface area contributed by atoms with E-state index in [1.807, 2.05) is 0 Å². The van der Waals surface area contributed by atoms with E-state index in [2.05, 4.69) is 20.6 Å². The Labute approximate surface area is 202 Å². The van der Waals surface area contributed by atoms with Crippen LogP contribution in [-0.2, 0) is 20.7 Å². The number of aryl methyl sites for hydroxylation is 1. The Hall–Kier alpha value is -2.13. The third-order valence-corrected chi connectivity index (χ3v) is 5.67. The number of methoxy groups -OCH3 is 1. The summed E-state index contributed by atoms with van der Waals surface area (Å²) in [5.74, 6) is 1.08. The molecule has 2 N–H and O–H groups in total. The number of amides is 2. The zero-order valence-electron chi connectivity index (χ0n) is 20.4. The Balaban J connectivity index is 1.82. The van der Waals surface area contributed by atoms with Gasteiger partial charge in [0.05, 0.1) is 6.61 Å². The molecule has 2 rings (SSSR count). The minimum atomic E-state index is -0.591. The molecule has 2 amide bonds. The van der Waals surface area contributed by atoms with E-state index in [-0.39, 0.29) is 23.8 Å². The van der Waals surface area contributed by atoms with Crippen LogP contribution in [0.1, 0.15) is 58.4 Å². The van der Waals surface area contributed by atoms with E-state index in [4.69, 9.17) is 21.1 Å². The Morgan fingerprint density at radius 2 is 2.06 bits per heavy atom. The molecule has 0 radical (unpaired) electrons. The van der Waals surface area contributed by atoms with Crippen LogP contribution < -0.4 is 10.6 Å². The van der Waals surface area contributed by atoms with Crippen molar-refractivity contribution >= 4 is 29.4 Å². The van der Waals surface area contributed by atoms with Crippen LogP contribution >= 0.6 is 11.6 Å². The first-order chi connectivity index (χ1) is 15.6. The number of carbonyl (C=O) groups is 2. The summed E-state index contributed by atoms with van der Waals surface area (Å²) in [5.41, 5.74) is 0.438. The molecule has 1 aliphatic rings. The smallest absolute Gasteiger partial charge is 0.410 e. The van der Waals surface area contributed by atoms with Crippen LogP contribution in [0.3, 0.4) is 0 Å². The first-order valence-electron chi connectivity index (χ1n) is 11.5. The van der Waals surface area contributed by atoms with Crippen molar-refractivity contribution < 1.29 is 19.1 Å². The number of hydrogen-bond donors (Lipinski definition) is 2. The van der Waals surface area contributed by atoms with Crippen molar-refractivity contribution in [1.29, 1.82) is 0 Å². The first kappa shape index (κ1) is 27.1. The van der Waals surface area contributed by atoms with Gasteiger partial charge in [0.15, 0.2) is 0 Å². The monoisotopic (exact) mass is 483 g/mol. The van der Waals surface area contributed by atoms with Crippen LogP contribution in [0.25, 0.3) is 0 Å². The maximum atomic E-state index is 12.5. The van der Waals surface area contributed by atoms with Crippen molar-refractivity contribution in [3.63, 3.8) is 0 Å². The number of nitrogens with one attached hydrogen (secondary N) is 2. The van der Waals surface area contributed by atoms with Crippen LogP contribution in [0.5, 0.6) is 0 Å². The molecule has 1 aromatic heterocycles. The lowest BCUT2D eigenvalue weighted by Crippen LogP contribution is -2.45. The number of likely N-dealkylation sites (N-methyl/N-ethyl adjacent to an activating group) is 1. The Morgan fingerprint density at radius 3 is 2.76 bits per heavy atom. The van der Waals surface area contributed by atoms with E-state index in [0.717, 1.165) is 49.9 Å². The number of rotatable bonds is 10. The highest BCUT2D eigenvalue weighted by Crippen LogP contribution is 2.29. The molecule has 0 unspecified atom stereocenters. The Kier molecular flexibility index (Phi) is 10.6. The molecule has 9 nitrogen and oxygen atoms in total. The van der Waals surface area contributed by atoms with Gasteiger partial charge in [0.25, 0.3) is 0 Å². The predicted octanol–water partition coefficient (Wildman–Crippen LogP) is 3.66. The Morgan fingerprint density at radius 1 is 1.30 bits per heavy atom. The van der Waals surface area contributed by atoms with Crippen molar-refractivity contribution in [2.75, 3.05) is 39.2 Å². The van der Waals surface area contributed by atoms with Gasteiger partial charge in [-0.3, -0.25) is 4.79 Å². The van der Waals surface area contributed by atoms with Gasteiger partial charge in [0.1, 0.15) is 18.0 Å². The fourth-order valence-electron chi connectivity index (χ4n) is 3.93. The summed E-state index contributed by atoms with van der Waals surface area (Å²) in [4.78, 5) is 34.3. The van der Waals surface area contributed by atoms with Crippen molar-refractivity contribution in [2.24, 2.45) is 5.92 Å². The maximum Gasteiger partial charge on any atom is 0.410 e. The molecule has 0 aliphatic heterocycles. The molecule has 1 aromatic rings. The second-order valence-corrected chi connectivity index (χ2v) is 9.94. The SMILES string of the molecule is COCCNc1nc(Cl)ncc1CC[C@@H]1CCC[C@H](NC(=O)CN(C)C(=O)OC(C)(C)C)C1. The summed E-state index contributed by atoms with van der Waals surface area (Å²) in [5, 5.41) is 6.57. The maximum absolute atomic E-state index is 12.5. The molecule has 186 valence electrons. The zero-order valence-corrected chi connectivity index (χ0v) is 21.2. The standard InChI is InChI=1S/C23H38ClN5O4/c1-23(2,3)33-22(31)29(4)15-19(30)27-18-8-6-7-16(13-18)9-10-17-14-26-21(24)28-20(17)25-11-12-32-5/h14,16,18H,6-13,15H2,1-5H3,(H,27,30)(H,25,26,28)/t16-,18-/m0/s1. The van der Waals surface area contributed by atoms with E-state index >= 15 is 0 Å². The van der Waals surface area contributed by atoms with Gasteiger partial charge >= 0.3 is 6.09 Å². The lowest BCUT2D eigenvalue weighted by atomic mass is 9.82. The summed E-state index contributed by atoms with van der Waals surface area (Å²) >= 11 is 5.97. The number of aromatic nitrogens is 2. The van der Waals surface area contributed by atoms with Gasteiger partial charge in [-0.15, -0.1) is 0 Å². The second kappa shape index (κ2) is 12.9. The number of nitrogens with zero attached hydrogens (tertiary/aromatic N) is 3. The molecular formula is C23H38ClN5O4. The van der Waals surface area contributed by atoms with Gasteiger partial charge in [-0.25, -0.2) is 14.8 Å². The highest BCUT2D eigenvalue weighted by atomic mass is 35.5. The van der Waals surface area contributed by atoms with Gasteiger partial charge in [-0.05, 0) is 64.0 Å². The van der Waals surface area contributed by atoms with Crippen molar-refractivity contribution in [3.8, 4) is 0 Å². The molecule has 1 fully saturated rings. The predicted molar refractivity (Wildman–Crippen MR) is 128 cm³/mol. The average Bonchev–Trinajstić information content (AvgIpc) is 2.72. The first-order valence-corrected chi connectivity index (χ1v) is 11.9. The topological polar surface area (TPSA) is 106 Å². The summed E-state index contributed by atoms with van der Waals surface area (Å²) < 4.78 is 10.4. The molecule has 0 aromatic carbocycles. The van der Waals surface area contributed by atoms with Crippen molar-refractivity contribution in [3.05, 3.63) is 17.0 Å². The van der Waals surface area contributed by atoms with Crippen LogP contribution in [0.2, 0.25) is 5.28 Å². The number of hydrogen-bond acceptors (Lipinski definition) is 7. The lowest BCUT2D eigenvalue weighted by molar-refractivity contribution is -0.123. The largest absolute Gasteiger partial charge is 0.444 e. The fourth-order valence-corrected chi connectivity index (χ4v) is 4.06. The molecule has 33 heavy (non-hydrogen) atoms. The normalized spacial score (nSPS) is 18.5. The highest BCUT2D eigenvalue weighted by Gasteiger charge is 2.25. The molecule has 0 saturated heterocycles. The number of halogens is 1. The molecule has 0 bridgehead atoms. The summed E-state index contributed by atoms with van der Waals surface area (Å²) in [6.45, 7) is 6.61. The number of anilines is 1.